The molecule has 5 N–H and O–H groups in total. The van der Waals surface area contributed by atoms with Crippen molar-refractivity contribution in [3.05, 3.63) is 53.5 Å². The van der Waals surface area contributed by atoms with E-state index in [0.717, 1.165) is 5.56 Å². The smallest absolute Gasteiger partial charge is 0.250 e. The van der Waals surface area contributed by atoms with Crippen LogP contribution in [0.2, 0.25) is 0 Å². The molecule has 110 valence electrons. The van der Waals surface area contributed by atoms with Gasteiger partial charge in [0.25, 0.3) is 5.91 Å². The van der Waals surface area contributed by atoms with E-state index in [9.17, 15) is 9.18 Å². The van der Waals surface area contributed by atoms with E-state index in [2.05, 4.69) is 10.3 Å². The first kappa shape index (κ1) is 14.8. The Morgan fingerprint density at radius 2 is 2.05 bits per heavy atom. The number of nitrogens with zero attached hydrogens (tertiary/aromatic N) is 1. The van der Waals surface area contributed by atoms with Crippen LogP contribution in [0.4, 0.5) is 15.9 Å². The number of anilines is 2. The second-order valence-electron chi connectivity index (χ2n) is 4.90. The van der Waals surface area contributed by atoms with Crippen molar-refractivity contribution in [3.63, 3.8) is 0 Å². The fourth-order valence-electron chi connectivity index (χ4n) is 2.04. The Hall–Kier alpha value is -2.63. The van der Waals surface area contributed by atoms with Crippen LogP contribution in [0, 0.1) is 5.82 Å². The summed E-state index contributed by atoms with van der Waals surface area (Å²) >= 11 is 0. The van der Waals surface area contributed by atoms with Gasteiger partial charge in [0.1, 0.15) is 11.6 Å². The summed E-state index contributed by atoms with van der Waals surface area (Å²) in [5.74, 6) is -0.331. The lowest BCUT2D eigenvalue weighted by atomic mass is 10.1. The van der Waals surface area contributed by atoms with Crippen molar-refractivity contribution >= 4 is 17.4 Å². The second-order valence-corrected chi connectivity index (χ2v) is 4.90. The third-order valence-corrected chi connectivity index (χ3v) is 3.05. The zero-order valence-corrected chi connectivity index (χ0v) is 11.6. The normalized spacial score (nSPS) is 11.9. The Kier molecular flexibility index (Phi) is 4.37. The number of halogens is 1. The number of amides is 1. The van der Waals surface area contributed by atoms with E-state index in [-0.39, 0.29) is 23.1 Å². The predicted octanol–water partition coefficient (Wildman–Crippen LogP) is 1.94. The van der Waals surface area contributed by atoms with Crippen molar-refractivity contribution < 1.29 is 9.18 Å². The molecule has 0 saturated heterocycles. The van der Waals surface area contributed by atoms with Gasteiger partial charge in [-0.2, -0.15) is 0 Å². The lowest BCUT2D eigenvalue weighted by Crippen LogP contribution is -2.20. The van der Waals surface area contributed by atoms with Gasteiger partial charge in [-0.3, -0.25) is 4.79 Å². The van der Waals surface area contributed by atoms with E-state index >= 15 is 0 Å². The van der Waals surface area contributed by atoms with E-state index in [4.69, 9.17) is 11.5 Å². The molecule has 0 aliphatic carbocycles. The van der Waals surface area contributed by atoms with Crippen molar-refractivity contribution in [3.8, 4) is 0 Å². The molecule has 5 nitrogen and oxygen atoms in total. The molecule has 0 spiro atoms. The highest BCUT2D eigenvalue weighted by atomic mass is 19.1. The fourth-order valence-corrected chi connectivity index (χ4v) is 2.04. The number of nitrogens with two attached hydrogens (primary N) is 2. The molecule has 2 rings (SSSR count). The predicted molar refractivity (Wildman–Crippen MR) is 80.4 cm³/mol. The second kappa shape index (κ2) is 6.21. The highest BCUT2D eigenvalue weighted by molar-refractivity contribution is 5.98. The number of benzene rings is 1. The highest BCUT2D eigenvalue weighted by Gasteiger charge is 2.10. The first-order valence-electron chi connectivity index (χ1n) is 6.52. The number of pyridine rings is 1. The van der Waals surface area contributed by atoms with Crippen LogP contribution >= 0.6 is 0 Å². The van der Waals surface area contributed by atoms with Crippen molar-refractivity contribution in [2.45, 2.75) is 19.4 Å². The number of hydrogen-bond acceptors (Lipinski definition) is 4. The number of carbonyl (C=O) groups is 1. The summed E-state index contributed by atoms with van der Waals surface area (Å²) in [4.78, 5) is 15.3. The third kappa shape index (κ3) is 3.92. The van der Waals surface area contributed by atoms with Crippen molar-refractivity contribution in [2.75, 3.05) is 11.1 Å². The summed E-state index contributed by atoms with van der Waals surface area (Å²) in [5, 5.41) is 3.16. The first-order valence-corrected chi connectivity index (χ1v) is 6.52. The maximum absolute atomic E-state index is 12.8. The van der Waals surface area contributed by atoms with Crippen LogP contribution in [0.3, 0.4) is 0 Å². The molecular formula is C15H17FN4O. The molecule has 1 aromatic heterocycles. The largest absolute Gasteiger partial charge is 0.397 e. The average molecular weight is 288 g/mol. The molecule has 1 aromatic carbocycles. The van der Waals surface area contributed by atoms with Crippen molar-refractivity contribution in [2.24, 2.45) is 5.73 Å². The van der Waals surface area contributed by atoms with Crippen LogP contribution < -0.4 is 16.8 Å². The summed E-state index contributed by atoms with van der Waals surface area (Å²) in [5.41, 5.74) is 12.4. The molecule has 0 bridgehead atoms. The van der Waals surface area contributed by atoms with Crippen molar-refractivity contribution in [1.82, 2.24) is 4.98 Å². The minimum atomic E-state index is -0.593. The highest BCUT2D eigenvalue weighted by Crippen LogP contribution is 2.16. The van der Waals surface area contributed by atoms with E-state index in [1.54, 1.807) is 12.1 Å². The van der Waals surface area contributed by atoms with Crippen LogP contribution in [0.25, 0.3) is 0 Å². The molecule has 0 radical (unpaired) electrons. The molecule has 0 aliphatic heterocycles. The van der Waals surface area contributed by atoms with Gasteiger partial charge in [0.15, 0.2) is 0 Å². The SMILES string of the molecule is CC(Cc1ccc(F)cc1)Nc1cc(C(N)=O)c(N)cn1. The number of aromatic nitrogens is 1. The Labute approximate surface area is 122 Å². The topological polar surface area (TPSA) is 94.0 Å². The monoisotopic (exact) mass is 288 g/mol. The van der Waals surface area contributed by atoms with Crippen LogP contribution in [0.5, 0.6) is 0 Å². The Bertz CT molecular complexity index is 643. The van der Waals surface area contributed by atoms with Crippen LogP contribution in [-0.4, -0.2) is 16.9 Å². The number of rotatable bonds is 5. The lowest BCUT2D eigenvalue weighted by Gasteiger charge is -2.15. The minimum absolute atomic E-state index is 0.0484. The number of nitrogen functional groups attached to an aromatic ring is 1. The average Bonchev–Trinajstić information content (AvgIpc) is 2.43. The standard InChI is InChI=1S/C15H17FN4O/c1-9(6-10-2-4-11(16)5-3-10)20-14-7-12(15(18)21)13(17)8-19-14/h2-5,7-9H,6,17H2,1H3,(H2,18,21)(H,19,20). The van der Waals surface area contributed by atoms with E-state index in [1.165, 1.54) is 24.4 Å². The lowest BCUT2D eigenvalue weighted by molar-refractivity contribution is 0.100. The Morgan fingerprint density at radius 3 is 2.67 bits per heavy atom. The zero-order valence-electron chi connectivity index (χ0n) is 11.6. The third-order valence-electron chi connectivity index (χ3n) is 3.05. The minimum Gasteiger partial charge on any atom is -0.397 e. The van der Waals surface area contributed by atoms with Crippen LogP contribution in [0.1, 0.15) is 22.8 Å². The number of primary amides is 1. The number of nitrogens with one attached hydrogen (secondary N) is 1. The van der Waals surface area contributed by atoms with Gasteiger partial charge >= 0.3 is 0 Å². The van der Waals surface area contributed by atoms with Crippen LogP contribution in [-0.2, 0) is 6.42 Å². The summed E-state index contributed by atoms with van der Waals surface area (Å²) in [6.45, 7) is 1.96. The first-order chi connectivity index (χ1) is 9.95. The van der Waals surface area contributed by atoms with Gasteiger partial charge in [-0.25, -0.2) is 9.37 Å². The molecule has 1 heterocycles. The fraction of sp³-hybridized carbons (Fsp3) is 0.200. The zero-order chi connectivity index (χ0) is 15.4. The van der Waals surface area contributed by atoms with Gasteiger partial charge < -0.3 is 16.8 Å². The summed E-state index contributed by atoms with van der Waals surface area (Å²) < 4.78 is 12.8. The molecule has 0 fully saturated rings. The summed E-state index contributed by atoms with van der Waals surface area (Å²) in [7, 11) is 0. The molecule has 2 aromatic rings. The molecule has 6 heteroatoms. The number of hydrogen-bond donors (Lipinski definition) is 3. The van der Waals surface area contributed by atoms with E-state index in [0.29, 0.717) is 12.2 Å². The van der Waals surface area contributed by atoms with Gasteiger partial charge in [0.05, 0.1) is 17.4 Å². The van der Waals surface area contributed by atoms with E-state index in [1.807, 2.05) is 6.92 Å². The maximum atomic E-state index is 12.8. The number of carbonyl (C=O) groups excluding carboxylic acids is 1. The Balaban J connectivity index is 2.05. The van der Waals surface area contributed by atoms with Gasteiger partial charge in [0.2, 0.25) is 0 Å². The molecule has 1 unspecified atom stereocenters. The molecule has 0 aliphatic rings. The molecule has 1 atom stereocenters. The van der Waals surface area contributed by atoms with E-state index < -0.39 is 5.91 Å². The van der Waals surface area contributed by atoms with Crippen molar-refractivity contribution in [1.29, 1.82) is 0 Å². The maximum Gasteiger partial charge on any atom is 0.250 e. The van der Waals surface area contributed by atoms with Gasteiger partial charge in [-0.15, -0.1) is 0 Å². The quantitative estimate of drug-likeness (QED) is 0.783. The van der Waals surface area contributed by atoms with Gasteiger partial charge in [-0.05, 0) is 37.1 Å². The summed E-state index contributed by atoms with van der Waals surface area (Å²) in [6, 6.07) is 7.90. The molecule has 1 amide bonds. The Morgan fingerprint density at radius 1 is 1.38 bits per heavy atom. The summed E-state index contributed by atoms with van der Waals surface area (Å²) in [6.07, 6.45) is 2.09. The molecular weight excluding hydrogens is 271 g/mol. The molecule has 0 saturated carbocycles. The van der Waals surface area contributed by atoms with Gasteiger partial charge in [-0.1, -0.05) is 12.1 Å². The van der Waals surface area contributed by atoms with Gasteiger partial charge in [0, 0.05) is 6.04 Å². The molecule has 21 heavy (non-hydrogen) atoms. The van der Waals surface area contributed by atoms with Crippen LogP contribution in [0.15, 0.2) is 36.5 Å².